The molecule has 0 fully saturated rings. The molecule has 1 aliphatic rings. The molecule has 148 valence electrons. The molecule has 1 atom stereocenters. The van der Waals surface area contributed by atoms with Crippen LogP contribution in [0.3, 0.4) is 0 Å². The second-order valence-electron chi connectivity index (χ2n) is 7.44. The summed E-state index contributed by atoms with van der Waals surface area (Å²) in [6, 6.07) is 8.14. The van der Waals surface area contributed by atoms with E-state index < -0.39 is 16.8 Å². The number of nitrogens with zero attached hydrogens (tertiary/aromatic N) is 3. The monoisotopic (exact) mass is 385 g/mol. The molecule has 0 saturated heterocycles. The van der Waals surface area contributed by atoms with Gasteiger partial charge in [-0.1, -0.05) is 0 Å². The Kier molecular flexibility index (Phi) is 4.74. The molecule has 1 aromatic carbocycles. The van der Waals surface area contributed by atoms with E-state index in [1.54, 1.807) is 65.4 Å². The molecule has 7 nitrogen and oxygen atoms in total. The van der Waals surface area contributed by atoms with Crippen LogP contribution in [0.2, 0.25) is 0 Å². The number of ether oxygens (including phenoxy) is 1. The van der Waals surface area contributed by atoms with Gasteiger partial charge in [-0.2, -0.15) is 0 Å². The van der Waals surface area contributed by atoms with Gasteiger partial charge in [0.2, 0.25) is 11.8 Å². The minimum absolute atomic E-state index is 0.0592. The number of guanidine groups is 1. The van der Waals surface area contributed by atoms with Crippen molar-refractivity contribution < 1.29 is 13.9 Å². The summed E-state index contributed by atoms with van der Waals surface area (Å²) in [7, 11) is 3.10. The van der Waals surface area contributed by atoms with Crippen molar-refractivity contribution in [1.29, 1.82) is 0 Å². The summed E-state index contributed by atoms with van der Waals surface area (Å²) in [4.78, 5) is 22.7. The van der Waals surface area contributed by atoms with Gasteiger partial charge >= 0.3 is 0 Å². The van der Waals surface area contributed by atoms with Gasteiger partial charge in [-0.15, -0.1) is 0 Å². The highest BCUT2D eigenvalue weighted by molar-refractivity contribution is 6.01. The molecule has 28 heavy (non-hydrogen) atoms. The van der Waals surface area contributed by atoms with Gasteiger partial charge in [0.1, 0.15) is 11.4 Å². The van der Waals surface area contributed by atoms with E-state index in [0.29, 0.717) is 17.3 Å². The molecular weight excluding hydrogens is 361 g/mol. The fourth-order valence-electron chi connectivity index (χ4n) is 3.29. The Morgan fingerprint density at radius 3 is 2.46 bits per heavy atom. The number of carbonyl (C=O) groups excluding carboxylic acids is 1. The van der Waals surface area contributed by atoms with Crippen LogP contribution in [-0.4, -0.2) is 35.9 Å². The van der Waals surface area contributed by atoms with Gasteiger partial charge in [-0.3, -0.25) is 9.69 Å². The SMILES string of the molecule is COc1ccc(Nc2ccc(F)c([C@@]3(C)N=C(N)N(C)C(=O)C3(C)C)c2)cn1. The quantitative estimate of drug-likeness (QED) is 0.844. The van der Waals surface area contributed by atoms with E-state index in [-0.39, 0.29) is 17.4 Å². The lowest BCUT2D eigenvalue weighted by Gasteiger charge is -2.46. The number of hydrogen-bond donors (Lipinski definition) is 2. The fourth-order valence-corrected chi connectivity index (χ4v) is 3.29. The minimum Gasteiger partial charge on any atom is -0.481 e. The predicted octanol–water partition coefficient (Wildman–Crippen LogP) is 3.00. The van der Waals surface area contributed by atoms with Gasteiger partial charge in [-0.05, 0) is 45.0 Å². The second-order valence-corrected chi connectivity index (χ2v) is 7.44. The molecule has 8 heteroatoms. The average molecular weight is 385 g/mol. The van der Waals surface area contributed by atoms with Crippen LogP contribution in [0.15, 0.2) is 41.5 Å². The number of hydrogen-bond acceptors (Lipinski definition) is 6. The average Bonchev–Trinajstić information content (AvgIpc) is 2.67. The molecule has 0 aliphatic carbocycles. The molecule has 1 amide bonds. The molecular formula is C20H24FN5O2. The number of halogens is 1. The van der Waals surface area contributed by atoms with Crippen LogP contribution >= 0.6 is 0 Å². The van der Waals surface area contributed by atoms with Crippen molar-refractivity contribution in [2.75, 3.05) is 19.5 Å². The van der Waals surface area contributed by atoms with Gasteiger partial charge in [0, 0.05) is 24.4 Å². The second kappa shape index (κ2) is 6.78. The molecule has 3 N–H and O–H groups in total. The topological polar surface area (TPSA) is 92.8 Å². The van der Waals surface area contributed by atoms with E-state index >= 15 is 0 Å². The van der Waals surface area contributed by atoms with E-state index in [1.165, 1.54) is 11.0 Å². The number of nitrogens with one attached hydrogen (secondary N) is 1. The van der Waals surface area contributed by atoms with E-state index in [2.05, 4.69) is 15.3 Å². The number of pyridine rings is 1. The van der Waals surface area contributed by atoms with Gasteiger partial charge in [0.15, 0.2) is 5.96 Å². The maximum atomic E-state index is 14.8. The molecule has 0 radical (unpaired) electrons. The van der Waals surface area contributed by atoms with Crippen LogP contribution in [0, 0.1) is 11.2 Å². The van der Waals surface area contributed by atoms with Gasteiger partial charge in [0.05, 0.1) is 24.4 Å². The first kappa shape index (κ1) is 19.6. The normalized spacial score (nSPS) is 21.3. The van der Waals surface area contributed by atoms with Crippen molar-refractivity contribution in [3.05, 3.63) is 47.9 Å². The van der Waals surface area contributed by atoms with Crippen LogP contribution in [0.25, 0.3) is 0 Å². The molecule has 0 unspecified atom stereocenters. The zero-order valence-electron chi connectivity index (χ0n) is 16.6. The largest absolute Gasteiger partial charge is 0.481 e. The Morgan fingerprint density at radius 2 is 1.86 bits per heavy atom. The first-order valence-corrected chi connectivity index (χ1v) is 8.80. The Bertz CT molecular complexity index is 942. The van der Waals surface area contributed by atoms with Crippen molar-refractivity contribution in [1.82, 2.24) is 9.88 Å². The summed E-state index contributed by atoms with van der Waals surface area (Å²) in [6.07, 6.45) is 1.61. The van der Waals surface area contributed by atoms with Crippen LogP contribution in [0.5, 0.6) is 5.88 Å². The zero-order valence-corrected chi connectivity index (χ0v) is 16.6. The van der Waals surface area contributed by atoms with Crippen LogP contribution < -0.4 is 15.8 Å². The van der Waals surface area contributed by atoms with E-state index in [0.717, 1.165) is 0 Å². The Hall–Kier alpha value is -3.16. The van der Waals surface area contributed by atoms with E-state index in [1.807, 2.05) is 0 Å². The van der Waals surface area contributed by atoms with Gasteiger partial charge < -0.3 is 15.8 Å². The van der Waals surface area contributed by atoms with Gasteiger partial charge in [-0.25, -0.2) is 14.4 Å². The highest BCUT2D eigenvalue weighted by Gasteiger charge is 2.53. The third-order valence-corrected chi connectivity index (χ3v) is 5.46. The smallest absolute Gasteiger partial charge is 0.237 e. The van der Waals surface area contributed by atoms with Crippen molar-refractivity contribution in [3.63, 3.8) is 0 Å². The standard InChI is InChI=1S/C20H24FN5O2/c1-19(2)17(27)26(4)18(22)25-20(19,3)14-10-12(6-8-15(14)21)24-13-7-9-16(28-5)23-11-13/h6-11,24H,1-5H3,(H2,22,25)/t20-/m1/s1. The molecule has 0 bridgehead atoms. The number of aliphatic imine (C=N–C) groups is 1. The lowest BCUT2D eigenvalue weighted by Crippen LogP contribution is -2.58. The summed E-state index contributed by atoms with van der Waals surface area (Å²) >= 11 is 0. The molecule has 1 aromatic heterocycles. The number of benzene rings is 1. The first-order valence-electron chi connectivity index (χ1n) is 8.80. The fraction of sp³-hybridized carbons (Fsp3) is 0.350. The van der Waals surface area contributed by atoms with Crippen LogP contribution in [0.1, 0.15) is 26.3 Å². The van der Waals surface area contributed by atoms with E-state index in [4.69, 9.17) is 10.5 Å². The molecule has 2 aromatic rings. The minimum atomic E-state index is -1.17. The Morgan fingerprint density at radius 1 is 1.18 bits per heavy atom. The predicted molar refractivity (Wildman–Crippen MR) is 106 cm³/mol. The number of aromatic nitrogens is 1. The highest BCUT2D eigenvalue weighted by Crippen LogP contribution is 2.47. The van der Waals surface area contributed by atoms with Gasteiger partial charge in [0.25, 0.3) is 0 Å². The number of anilines is 2. The summed E-state index contributed by atoms with van der Waals surface area (Å²) in [5, 5.41) is 3.18. The third kappa shape index (κ3) is 3.04. The Labute approximate surface area is 163 Å². The van der Waals surface area contributed by atoms with Crippen molar-refractivity contribution in [2.24, 2.45) is 16.1 Å². The maximum Gasteiger partial charge on any atom is 0.237 e. The first-order chi connectivity index (χ1) is 13.1. The molecule has 0 spiro atoms. The van der Waals surface area contributed by atoms with Crippen molar-refractivity contribution >= 4 is 23.2 Å². The molecule has 2 heterocycles. The summed E-state index contributed by atoms with van der Waals surface area (Å²) in [5.41, 5.74) is 5.42. The highest BCUT2D eigenvalue weighted by atomic mass is 19.1. The number of rotatable bonds is 4. The number of carbonyl (C=O) groups is 1. The van der Waals surface area contributed by atoms with Crippen molar-refractivity contribution in [2.45, 2.75) is 26.3 Å². The number of amides is 1. The van der Waals surface area contributed by atoms with Crippen LogP contribution in [0.4, 0.5) is 15.8 Å². The number of methoxy groups -OCH3 is 1. The molecule has 3 rings (SSSR count). The van der Waals surface area contributed by atoms with Crippen molar-refractivity contribution in [3.8, 4) is 5.88 Å². The lowest BCUT2D eigenvalue weighted by atomic mass is 9.67. The number of nitrogens with two attached hydrogens (primary N) is 1. The van der Waals surface area contributed by atoms with Crippen LogP contribution in [-0.2, 0) is 10.3 Å². The summed E-state index contributed by atoms with van der Waals surface area (Å²) < 4.78 is 19.9. The Balaban J connectivity index is 2.04. The summed E-state index contributed by atoms with van der Waals surface area (Å²) in [5.74, 6) is -0.124. The molecule has 1 aliphatic heterocycles. The molecule has 0 saturated carbocycles. The third-order valence-electron chi connectivity index (χ3n) is 5.46. The van der Waals surface area contributed by atoms with E-state index in [9.17, 15) is 9.18 Å². The summed E-state index contributed by atoms with van der Waals surface area (Å²) in [6.45, 7) is 5.21. The zero-order chi connectivity index (χ0) is 20.7. The lowest BCUT2D eigenvalue weighted by molar-refractivity contribution is -0.140. The maximum absolute atomic E-state index is 14.8.